The van der Waals surface area contributed by atoms with E-state index >= 15 is 0 Å². The zero-order valence-corrected chi connectivity index (χ0v) is 11.4. The molecular formula is C11H22N2O3S. The van der Waals surface area contributed by atoms with Crippen LogP contribution in [0.1, 0.15) is 19.8 Å². The molecule has 0 spiro atoms. The predicted molar refractivity (Wildman–Crippen MR) is 66.3 cm³/mol. The van der Waals surface area contributed by atoms with Gasteiger partial charge in [0.1, 0.15) is 0 Å². The molecule has 6 heteroatoms. The summed E-state index contributed by atoms with van der Waals surface area (Å²) in [5.74, 6) is 0.485. The number of hydrogen-bond acceptors (Lipinski definition) is 4. The summed E-state index contributed by atoms with van der Waals surface area (Å²) in [5, 5.41) is 0. The van der Waals surface area contributed by atoms with Gasteiger partial charge >= 0.3 is 0 Å². The van der Waals surface area contributed by atoms with Gasteiger partial charge < -0.3 is 9.64 Å². The molecule has 0 aliphatic carbocycles. The van der Waals surface area contributed by atoms with Crippen molar-refractivity contribution in [2.75, 3.05) is 32.5 Å². The fourth-order valence-corrected chi connectivity index (χ4v) is 4.28. The Morgan fingerprint density at radius 1 is 1.41 bits per heavy atom. The normalized spacial score (nSPS) is 35.5. The summed E-state index contributed by atoms with van der Waals surface area (Å²) in [6, 6.07) is 0.0476. The van der Waals surface area contributed by atoms with Crippen molar-refractivity contribution in [2.45, 2.75) is 31.9 Å². The van der Waals surface area contributed by atoms with Crippen LogP contribution in [0.25, 0.3) is 0 Å². The lowest BCUT2D eigenvalue weighted by Crippen LogP contribution is -2.42. The number of rotatable bonds is 4. The van der Waals surface area contributed by atoms with Crippen molar-refractivity contribution >= 4 is 10.0 Å². The Morgan fingerprint density at radius 2 is 2.18 bits per heavy atom. The summed E-state index contributed by atoms with van der Waals surface area (Å²) >= 11 is 0. The van der Waals surface area contributed by atoms with Crippen molar-refractivity contribution in [3.8, 4) is 0 Å². The van der Waals surface area contributed by atoms with Crippen LogP contribution in [-0.2, 0) is 14.8 Å². The van der Waals surface area contributed by atoms with E-state index in [0.717, 1.165) is 25.9 Å². The molecule has 0 unspecified atom stereocenters. The maximum Gasteiger partial charge on any atom is 0.214 e. The van der Waals surface area contributed by atoms with Crippen LogP contribution >= 0.6 is 0 Å². The first-order valence-electron chi connectivity index (χ1n) is 6.26. The maximum atomic E-state index is 12.0. The number of ether oxygens (including phenoxy) is 1. The van der Waals surface area contributed by atoms with E-state index in [-0.39, 0.29) is 17.9 Å². The highest BCUT2D eigenvalue weighted by Gasteiger charge is 2.32. The molecule has 0 aromatic carbocycles. The molecule has 2 saturated heterocycles. The summed E-state index contributed by atoms with van der Waals surface area (Å²) in [7, 11) is -1.19. The highest BCUT2D eigenvalue weighted by molar-refractivity contribution is 7.89. The Morgan fingerprint density at radius 3 is 2.71 bits per heavy atom. The average Bonchev–Trinajstić information content (AvgIpc) is 2.76. The van der Waals surface area contributed by atoms with Crippen molar-refractivity contribution in [3.05, 3.63) is 0 Å². The van der Waals surface area contributed by atoms with Crippen LogP contribution in [0.5, 0.6) is 0 Å². The molecule has 2 aliphatic rings. The molecule has 0 aromatic heterocycles. The first kappa shape index (κ1) is 13.3. The number of nitrogens with zero attached hydrogens (tertiary/aromatic N) is 1. The van der Waals surface area contributed by atoms with Crippen molar-refractivity contribution in [2.24, 2.45) is 5.92 Å². The lowest BCUT2D eigenvalue weighted by atomic mass is 10.1. The quantitative estimate of drug-likeness (QED) is 0.777. The van der Waals surface area contributed by atoms with Gasteiger partial charge in [0.05, 0.1) is 11.9 Å². The predicted octanol–water partition coefficient (Wildman–Crippen LogP) is 0.0349. The van der Waals surface area contributed by atoms with Gasteiger partial charge in [-0.25, -0.2) is 13.1 Å². The van der Waals surface area contributed by atoms with Crippen LogP contribution in [0.3, 0.4) is 0 Å². The number of likely N-dealkylation sites (tertiary alicyclic amines) is 1. The molecule has 3 atom stereocenters. The lowest BCUT2D eigenvalue weighted by Gasteiger charge is -2.18. The van der Waals surface area contributed by atoms with Gasteiger partial charge in [0, 0.05) is 25.7 Å². The summed E-state index contributed by atoms with van der Waals surface area (Å²) in [5.41, 5.74) is 0. The minimum Gasteiger partial charge on any atom is -0.377 e. The standard InChI is InChI=1S/C11H22N2O3S/c1-9-6-13(2)7-11(9)12-17(14,15)8-10-4-3-5-16-10/h9-12H,3-8H2,1-2H3/t9-,10+,11+/m1/s1. The van der Waals surface area contributed by atoms with Crippen molar-refractivity contribution in [3.63, 3.8) is 0 Å². The second kappa shape index (κ2) is 5.22. The van der Waals surface area contributed by atoms with Crippen LogP contribution in [-0.4, -0.2) is 58.0 Å². The number of hydrogen-bond donors (Lipinski definition) is 1. The Balaban J connectivity index is 1.88. The van der Waals surface area contributed by atoms with Crippen molar-refractivity contribution in [1.82, 2.24) is 9.62 Å². The Bertz CT molecular complexity index is 352. The van der Waals surface area contributed by atoms with Crippen LogP contribution < -0.4 is 4.72 Å². The van der Waals surface area contributed by atoms with E-state index in [2.05, 4.69) is 16.5 Å². The van der Waals surface area contributed by atoms with E-state index in [4.69, 9.17) is 4.74 Å². The largest absolute Gasteiger partial charge is 0.377 e. The molecule has 0 aromatic rings. The fourth-order valence-electron chi connectivity index (χ4n) is 2.66. The topological polar surface area (TPSA) is 58.6 Å². The number of likely N-dealkylation sites (N-methyl/N-ethyl adjacent to an activating group) is 1. The first-order valence-corrected chi connectivity index (χ1v) is 7.91. The molecule has 0 radical (unpaired) electrons. The van der Waals surface area contributed by atoms with Gasteiger partial charge in [0.2, 0.25) is 10.0 Å². The molecular weight excluding hydrogens is 240 g/mol. The Hall–Kier alpha value is -0.170. The number of sulfonamides is 1. The van der Waals surface area contributed by atoms with Crippen LogP contribution in [0.15, 0.2) is 0 Å². The summed E-state index contributed by atoms with van der Waals surface area (Å²) in [6.45, 7) is 4.53. The number of nitrogens with one attached hydrogen (secondary N) is 1. The van der Waals surface area contributed by atoms with E-state index in [1.807, 2.05) is 7.05 Å². The maximum absolute atomic E-state index is 12.0. The molecule has 2 aliphatic heterocycles. The zero-order chi connectivity index (χ0) is 12.5. The second-order valence-electron chi connectivity index (χ2n) is 5.34. The molecule has 0 amide bonds. The van der Waals surface area contributed by atoms with Crippen LogP contribution in [0.2, 0.25) is 0 Å². The van der Waals surface area contributed by atoms with E-state index in [1.165, 1.54) is 0 Å². The highest BCUT2D eigenvalue weighted by Crippen LogP contribution is 2.17. The molecule has 17 heavy (non-hydrogen) atoms. The first-order chi connectivity index (χ1) is 7.96. The minimum atomic E-state index is -3.21. The monoisotopic (exact) mass is 262 g/mol. The molecule has 100 valence electrons. The molecule has 0 bridgehead atoms. The van der Waals surface area contributed by atoms with Gasteiger partial charge in [-0.3, -0.25) is 0 Å². The van der Waals surface area contributed by atoms with Crippen molar-refractivity contribution in [1.29, 1.82) is 0 Å². The highest BCUT2D eigenvalue weighted by atomic mass is 32.2. The molecule has 5 nitrogen and oxygen atoms in total. The van der Waals surface area contributed by atoms with Gasteiger partial charge in [-0.15, -0.1) is 0 Å². The van der Waals surface area contributed by atoms with E-state index < -0.39 is 10.0 Å². The zero-order valence-electron chi connectivity index (χ0n) is 10.6. The smallest absolute Gasteiger partial charge is 0.214 e. The SMILES string of the molecule is C[C@@H]1CN(C)C[C@@H]1NS(=O)(=O)C[C@@H]1CCCO1. The molecule has 2 heterocycles. The molecule has 0 saturated carbocycles. The minimum absolute atomic E-state index is 0.0476. The van der Waals surface area contributed by atoms with Crippen molar-refractivity contribution < 1.29 is 13.2 Å². The third kappa shape index (κ3) is 3.64. The molecule has 2 fully saturated rings. The van der Waals surface area contributed by atoms with E-state index in [0.29, 0.717) is 12.5 Å². The third-order valence-corrected chi connectivity index (χ3v) is 5.03. The van der Waals surface area contributed by atoms with Crippen LogP contribution in [0.4, 0.5) is 0 Å². The van der Waals surface area contributed by atoms with E-state index in [1.54, 1.807) is 0 Å². The summed E-state index contributed by atoms with van der Waals surface area (Å²) in [6.07, 6.45) is 1.73. The van der Waals surface area contributed by atoms with E-state index in [9.17, 15) is 8.42 Å². The van der Waals surface area contributed by atoms with Gasteiger partial charge in [-0.05, 0) is 25.8 Å². The lowest BCUT2D eigenvalue weighted by molar-refractivity contribution is 0.127. The Kier molecular flexibility index (Phi) is 4.07. The molecule has 1 N–H and O–H groups in total. The van der Waals surface area contributed by atoms with Gasteiger partial charge in [-0.2, -0.15) is 0 Å². The fraction of sp³-hybridized carbons (Fsp3) is 1.00. The Labute approximate surface area is 104 Å². The third-order valence-electron chi connectivity index (χ3n) is 3.56. The van der Waals surface area contributed by atoms with Gasteiger partial charge in [0.25, 0.3) is 0 Å². The summed E-state index contributed by atoms with van der Waals surface area (Å²) < 4.78 is 32.2. The average molecular weight is 262 g/mol. The summed E-state index contributed by atoms with van der Waals surface area (Å²) in [4.78, 5) is 2.16. The molecule has 2 rings (SSSR count). The van der Waals surface area contributed by atoms with Gasteiger partial charge in [-0.1, -0.05) is 6.92 Å². The second-order valence-corrected chi connectivity index (χ2v) is 7.14. The van der Waals surface area contributed by atoms with Crippen LogP contribution in [0, 0.1) is 5.92 Å². The van der Waals surface area contributed by atoms with Gasteiger partial charge in [0.15, 0.2) is 0 Å².